The monoisotopic (exact) mass is 604 g/mol. The number of anilines is 1. The molecule has 3 heterocycles. The zero-order valence-corrected chi connectivity index (χ0v) is 21.8. The van der Waals surface area contributed by atoms with Crippen LogP contribution in [0.1, 0.15) is 29.8 Å². The molecular formula is C24H22BrF5N4O4. The van der Waals surface area contributed by atoms with Crippen molar-refractivity contribution >= 4 is 38.7 Å². The maximum Gasteiger partial charge on any atom is 0.410 e. The largest absolute Gasteiger partial charge is 0.410 e. The number of pyridine rings is 2. The molecule has 1 aliphatic heterocycles. The molecule has 0 radical (unpaired) electrons. The minimum atomic E-state index is -4.86. The van der Waals surface area contributed by atoms with Crippen LogP contribution in [0, 0.1) is 18.6 Å². The molecule has 14 heteroatoms. The predicted octanol–water partition coefficient (Wildman–Crippen LogP) is 3.35. The van der Waals surface area contributed by atoms with Crippen molar-refractivity contribution in [1.29, 1.82) is 0 Å². The number of alkyl halides is 3. The Labute approximate surface area is 220 Å². The van der Waals surface area contributed by atoms with E-state index in [4.69, 9.17) is 0 Å². The fourth-order valence-electron chi connectivity index (χ4n) is 4.06. The van der Waals surface area contributed by atoms with Crippen LogP contribution in [0.3, 0.4) is 0 Å². The molecule has 204 valence electrons. The minimum absolute atomic E-state index is 0.0389. The SMILES string of the molecule is Cc1cc(F)c(-n2cc(C(=O)NC(C)(C)C(F)(F)F)c(=O)c3cc(Br)c(N4C[C@@H](O)[C@H](O)C4)nc32)c(F)c1. The summed E-state index contributed by atoms with van der Waals surface area (Å²) < 4.78 is 71.3. The topological polar surface area (TPSA) is 108 Å². The second-order valence-electron chi connectivity index (χ2n) is 9.60. The van der Waals surface area contributed by atoms with Crippen LogP contribution in [-0.4, -0.2) is 62.7 Å². The Balaban J connectivity index is 2.00. The van der Waals surface area contributed by atoms with Crippen LogP contribution in [0.15, 0.2) is 33.7 Å². The summed E-state index contributed by atoms with van der Waals surface area (Å²) in [5.41, 5.74) is -5.35. The van der Waals surface area contributed by atoms with Gasteiger partial charge < -0.3 is 20.4 Å². The highest BCUT2D eigenvalue weighted by Crippen LogP contribution is 2.33. The summed E-state index contributed by atoms with van der Waals surface area (Å²) in [6, 6.07) is 3.22. The lowest BCUT2D eigenvalue weighted by Gasteiger charge is -2.29. The molecule has 1 fully saturated rings. The number of hydrogen-bond donors (Lipinski definition) is 3. The van der Waals surface area contributed by atoms with E-state index in [1.54, 1.807) is 5.32 Å². The van der Waals surface area contributed by atoms with Gasteiger partial charge in [-0.05, 0) is 60.5 Å². The van der Waals surface area contributed by atoms with Gasteiger partial charge in [-0.3, -0.25) is 14.2 Å². The van der Waals surface area contributed by atoms with Crippen LogP contribution < -0.4 is 15.6 Å². The first-order valence-corrected chi connectivity index (χ1v) is 12.0. The second-order valence-corrected chi connectivity index (χ2v) is 10.5. The number of nitrogens with one attached hydrogen (secondary N) is 1. The van der Waals surface area contributed by atoms with Gasteiger partial charge in [0.1, 0.15) is 22.6 Å². The number of halogens is 6. The Kier molecular flexibility index (Phi) is 7.04. The lowest BCUT2D eigenvalue weighted by atomic mass is 10.0. The van der Waals surface area contributed by atoms with Gasteiger partial charge in [-0.25, -0.2) is 13.8 Å². The van der Waals surface area contributed by atoms with Crippen molar-refractivity contribution in [2.24, 2.45) is 0 Å². The molecule has 3 aromatic rings. The molecule has 2 atom stereocenters. The minimum Gasteiger partial charge on any atom is -0.389 e. The molecule has 0 saturated carbocycles. The van der Waals surface area contributed by atoms with E-state index in [1.165, 1.54) is 17.9 Å². The van der Waals surface area contributed by atoms with Crippen LogP contribution in [0.5, 0.6) is 0 Å². The highest BCUT2D eigenvalue weighted by molar-refractivity contribution is 9.10. The van der Waals surface area contributed by atoms with Gasteiger partial charge in [0.2, 0.25) is 5.43 Å². The number of amides is 1. The van der Waals surface area contributed by atoms with Gasteiger partial charge in [0, 0.05) is 19.3 Å². The molecular weight excluding hydrogens is 583 g/mol. The van der Waals surface area contributed by atoms with Crippen molar-refractivity contribution in [3.8, 4) is 5.69 Å². The first-order chi connectivity index (χ1) is 17.5. The lowest BCUT2D eigenvalue weighted by Crippen LogP contribution is -2.54. The van der Waals surface area contributed by atoms with Crippen LogP contribution >= 0.6 is 15.9 Å². The smallest absolute Gasteiger partial charge is 0.389 e. The molecule has 1 aromatic carbocycles. The second kappa shape index (κ2) is 9.58. The summed E-state index contributed by atoms with van der Waals surface area (Å²) in [6.45, 7) is 2.76. The Bertz CT molecular complexity index is 1470. The van der Waals surface area contributed by atoms with Gasteiger partial charge >= 0.3 is 6.18 Å². The molecule has 0 spiro atoms. The summed E-state index contributed by atoms with van der Waals surface area (Å²) >= 11 is 3.24. The predicted molar refractivity (Wildman–Crippen MR) is 132 cm³/mol. The lowest BCUT2D eigenvalue weighted by molar-refractivity contribution is -0.182. The van der Waals surface area contributed by atoms with Gasteiger partial charge in [0.05, 0.1) is 22.1 Å². The van der Waals surface area contributed by atoms with E-state index < -0.39 is 58.1 Å². The number of aromatic nitrogens is 2. The normalized spacial score (nSPS) is 18.3. The number of carbonyl (C=O) groups is 1. The molecule has 1 saturated heterocycles. The number of aliphatic hydroxyl groups is 2. The number of aryl methyl sites for hydroxylation is 1. The number of carbonyl (C=O) groups excluding carboxylic acids is 1. The molecule has 0 unspecified atom stereocenters. The number of fused-ring (bicyclic) bond motifs is 1. The number of benzene rings is 1. The average Bonchev–Trinajstić information content (AvgIpc) is 3.11. The molecule has 38 heavy (non-hydrogen) atoms. The van der Waals surface area contributed by atoms with Crippen molar-refractivity contribution in [2.45, 2.75) is 44.7 Å². The van der Waals surface area contributed by atoms with Gasteiger partial charge in [0.25, 0.3) is 5.91 Å². The summed E-state index contributed by atoms with van der Waals surface area (Å²) in [6.07, 6.45) is -6.33. The van der Waals surface area contributed by atoms with E-state index in [2.05, 4.69) is 20.9 Å². The number of rotatable bonds is 4. The zero-order chi connectivity index (χ0) is 28.3. The molecule has 1 aliphatic rings. The van der Waals surface area contributed by atoms with Crippen molar-refractivity contribution < 1.29 is 37.0 Å². The Morgan fingerprint density at radius 1 is 1.11 bits per heavy atom. The van der Waals surface area contributed by atoms with E-state index in [1.807, 2.05) is 0 Å². The maximum absolute atomic E-state index is 15.1. The zero-order valence-electron chi connectivity index (χ0n) is 20.2. The third-order valence-corrected chi connectivity index (χ3v) is 6.84. The molecule has 0 aliphatic carbocycles. The quantitative estimate of drug-likeness (QED) is 0.394. The van der Waals surface area contributed by atoms with Crippen molar-refractivity contribution in [1.82, 2.24) is 14.9 Å². The summed E-state index contributed by atoms with van der Waals surface area (Å²) in [5.74, 6) is -3.45. The van der Waals surface area contributed by atoms with Gasteiger partial charge in [-0.15, -0.1) is 0 Å². The van der Waals surface area contributed by atoms with Crippen LogP contribution in [0.4, 0.5) is 27.8 Å². The third-order valence-electron chi connectivity index (χ3n) is 6.25. The molecule has 2 aromatic heterocycles. The van der Waals surface area contributed by atoms with E-state index in [0.717, 1.165) is 22.9 Å². The molecule has 3 N–H and O–H groups in total. The van der Waals surface area contributed by atoms with Crippen LogP contribution in [0.2, 0.25) is 0 Å². The van der Waals surface area contributed by atoms with E-state index in [0.29, 0.717) is 13.8 Å². The fraction of sp³-hybridized carbons (Fsp3) is 0.375. The molecule has 1 amide bonds. The number of β-amino-alcohol motifs (C(OH)–C–C–N with tert-alkyl or cyclic N) is 2. The van der Waals surface area contributed by atoms with E-state index in [-0.39, 0.29) is 40.0 Å². The van der Waals surface area contributed by atoms with Crippen LogP contribution in [-0.2, 0) is 0 Å². The highest BCUT2D eigenvalue weighted by Gasteiger charge is 2.48. The van der Waals surface area contributed by atoms with Gasteiger partial charge in [0.15, 0.2) is 17.3 Å². The van der Waals surface area contributed by atoms with E-state index >= 15 is 8.78 Å². The number of hydrogen-bond acceptors (Lipinski definition) is 6. The molecule has 0 bridgehead atoms. The van der Waals surface area contributed by atoms with Gasteiger partial charge in [-0.2, -0.15) is 13.2 Å². The first kappa shape index (κ1) is 27.9. The highest BCUT2D eigenvalue weighted by atomic mass is 79.9. The summed E-state index contributed by atoms with van der Waals surface area (Å²) in [5, 5.41) is 21.3. The number of nitrogens with zero attached hydrogens (tertiary/aromatic N) is 3. The van der Waals surface area contributed by atoms with E-state index in [9.17, 15) is 33.0 Å². The molecule has 8 nitrogen and oxygen atoms in total. The number of aliphatic hydroxyl groups excluding tert-OH is 2. The standard InChI is InChI=1S/C24H22BrF5N4O4/c1-10-4-14(26)18(15(27)5-10)34-7-12(22(38)32-23(2,3)24(28,29)30)19(37)11-6-13(25)21(31-20(11)34)33-8-16(35)17(36)9-33/h4-7,16-17,35-36H,8-9H2,1-3H3,(H,32,38)/t16-,17-/m1/s1. The molecule has 4 rings (SSSR count). The van der Waals surface area contributed by atoms with Crippen molar-refractivity contribution in [2.75, 3.05) is 18.0 Å². The third kappa shape index (κ3) is 4.87. The maximum atomic E-state index is 15.1. The van der Waals surface area contributed by atoms with Crippen molar-refractivity contribution in [3.63, 3.8) is 0 Å². The Hall–Kier alpha value is -3.10. The first-order valence-electron chi connectivity index (χ1n) is 11.2. The average molecular weight is 605 g/mol. The fourth-order valence-corrected chi connectivity index (χ4v) is 4.62. The van der Waals surface area contributed by atoms with Crippen LogP contribution in [0.25, 0.3) is 16.7 Å². The Morgan fingerprint density at radius 3 is 2.18 bits per heavy atom. The summed E-state index contributed by atoms with van der Waals surface area (Å²) in [7, 11) is 0. The van der Waals surface area contributed by atoms with Crippen molar-refractivity contribution in [3.05, 3.63) is 61.9 Å². The Morgan fingerprint density at radius 2 is 1.66 bits per heavy atom. The van der Waals surface area contributed by atoms with Gasteiger partial charge in [-0.1, -0.05) is 0 Å². The summed E-state index contributed by atoms with van der Waals surface area (Å²) in [4.78, 5) is 32.0.